The average Bonchev–Trinajstić information content (AvgIpc) is 2.37. The van der Waals surface area contributed by atoms with Crippen LogP contribution in [0.4, 0.5) is 0 Å². The number of hydrogen-bond acceptors (Lipinski definition) is 3. The third-order valence-electron chi connectivity index (χ3n) is 2.81. The summed E-state index contributed by atoms with van der Waals surface area (Å²) >= 11 is 6.10. The second-order valence-corrected chi connectivity index (χ2v) is 5.21. The van der Waals surface area contributed by atoms with Crippen molar-refractivity contribution in [1.82, 2.24) is 5.32 Å². The fourth-order valence-corrected chi connectivity index (χ4v) is 2.01. The molecule has 0 amide bonds. The Balaban J connectivity index is 2.67. The summed E-state index contributed by atoms with van der Waals surface area (Å²) in [5, 5.41) is 12.6. The van der Waals surface area contributed by atoms with Crippen molar-refractivity contribution in [3.63, 3.8) is 0 Å². The van der Waals surface area contributed by atoms with E-state index in [2.05, 4.69) is 11.9 Å². The molecule has 0 saturated carbocycles. The molecule has 0 saturated heterocycles. The highest BCUT2D eigenvalue weighted by Gasteiger charge is 2.20. The molecular weight excluding hydrogens is 278 g/mol. The molecule has 0 fully saturated rings. The molecular formula is C15H20ClNO3. The van der Waals surface area contributed by atoms with Crippen LogP contribution in [0.2, 0.25) is 5.02 Å². The lowest BCUT2D eigenvalue weighted by atomic mass is 10.0. The van der Waals surface area contributed by atoms with E-state index in [1.54, 1.807) is 18.2 Å². The van der Waals surface area contributed by atoms with Crippen LogP contribution in [-0.4, -0.2) is 23.7 Å². The van der Waals surface area contributed by atoms with Gasteiger partial charge in [0.2, 0.25) is 0 Å². The van der Waals surface area contributed by atoms with Gasteiger partial charge in [-0.2, -0.15) is 0 Å². The molecule has 0 aliphatic rings. The first-order valence-electron chi connectivity index (χ1n) is 6.44. The van der Waals surface area contributed by atoms with Gasteiger partial charge in [-0.25, -0.2) is 0 Å². The number of aliphatic carboxylic acids is 1. The minimum absolute atomic E-state index is 0.0122. The zero-order valence-electron chi connectivity index (χ0n) is 11.7. The van der Waals surface area contributed by atoms with E-state index in [1.165, 1.54) is 0 Å². The van der Waals surface area contributed by atoms with Gasteiger partial charge in [-0.15, -0.1) is 0 Å². The highest BCUT2D eigenvalue weighted by atomic mass is 35.5. The predicted molar refractivity (Wildman–Crippen MR) is 80.2 cm³/mol. The highest BCUT2D eigenvalue weighted by Crippen LogP contribution is 2.25. The van der Waals surface area contributed by atoms with E-state index in [0.29, 0.717) is 23.9 Å². The van der Waals surface area contributed by atoms with Gasteiger partial charge in [-0.3, -0.25) is 4.79 Å². The third kappa shape index (κ3) is 4.87. The Labute approximate surface area is 124 Å². The Morgan fingerprint density at radius 3 is 2.75 bits per heavy atom. The van der Waals surface area contributed by atoms with Crippen LogP contribution >= 0.6 is 11.6 Å². The molecule has 20 heavy (non-hydrogen) atoms. The molecule has 0 bridgehead atoms. The summed E-state index contributed by atoms with van der Waals surface area (Å²) in [6, 6.07) is 4.82. The van der Waals surface area contributed by atoms with Gasteiger partial charge in [-0.1, -0.05) is 44.2 Å². The predicted octanol–water partition coefficient (Wildman–Crippen LogP) is 3.10. The minimum Gasteiger partial charge on any atom is -0.488 e. The molecule has 110 valence electrons. The Morgan fingerprint density at radius 1 is 1.55 bits per heavy atom. The summed E-state index contributed by atoms with van der Waals surface area (Å²) in [6.07, 6.45) is 1.64. The molecule has 0 radical (unpaired) electrons. The topological polar surface area (TPSA) is 58.6 Å². The van der Waals surface area contributed by atoms with Crippen LogP contribution in [-0.2, 0) is 11.3 Å². The highest BCUT2D eigenvalue weighted by molar-refractivity contribution is 6.32. The second kappa shape index (κ2) is 7.92. The summed E-state index contributed by atoms with van der Waals surface area (Å²) in [4.78, 5) is 11.1. The Morgan fingerprint density at radius 2 is 2.25 bits per heavy atom. The van der Waals surface area contributed by atoms with Crippen LogP contribution in [0.25, 0.3) is 0 Å². The van der Waals surface area contributed by atoms with Crippen LogP contribution in [0.15, 0.2) is 30.9 Å². The van der Waals surface area contributed by atoms with E-state index in [0.717, 1.165) is 5.56 Å². The van der Waals surface area contributed by atoms with E-state index in [-0.39, 0.29) is 5.92 Å². The molecule has 5 heteroatoms. The number of halogens is 1. The van der Waals surface area contributed by atoms with Crippen LogP contribution in [0.5, 0.6) is 5.75 Å². The summed E-state index contributed by atoms with van der Waals surface area (Å²) in [7, 11) is 0. The first-order chi connectivity index (χ1) is 9.45. The van der Waals surface area contributed by atoms with Gasteiger partial charge in [0, 0.05) is 6.54 Å². The normalized spacial score (nSPS) is 12.2. The quantitative estimate of drug-likeness (QED) is 0.724. The molecule has 0 aliphatic heterocycles. The molecule has 1 rings (SSSR count). The standard InChI is InChI=1S/C15H20ClNO3/c1-4-7-20-13-6-5-11(8-12(13)16)9-17-14(10(2)3)15(18)19/h4-6,8,10,14,17H,1,7,9H2,2-3H3,(H,18,19)/t14-/m0/s1. The molecule has 0 heterocycles. The summed E-state index contributed by atoms with van der Waals surface area (Å²) in [6.45, 7) is 8.14. The summed E-state index contributed by atoms with van der Waals surface area (Å²) in [5.41, 5.74) is 0.910. The van der Waals surface area contributed by atoms with Crippen molar-refractivity contribution in [2.75, 3.05) is 6.61 Å². The van der Waals surface area contributed by atoms with Gasteiger partial charge in [0.05, 0.1) is 5.02 Å². The molecule has 0 spiro atoms. The molecule has 0 aromatic heterocycles. The monoisotopic (exact) mass is 297 g/mol. The zero-order chi connectivity index (χ0) is 15.1. The molecule has 1 aromatic rings. The molecule has 0 aliphatic carbocycles. The molecule has 1 aromatic carbocycles. The van der Waals surface area contributed by atoms with E-state index in [9.17, 15) is 4.79 Å². The van der Waals surface area contributed by atoms with Crippen molar-refractivity contribution in [1.29, 1.82) is 0 Å². The number of hydrogen-bond donors (Lipinski definition) is 2. The fraction of sp³-hybridized carbons (Fsp3) is 0.400. The number of rotatable bonds is 8. The van der Waals surface area contributed by atoms with Crippen molar-refractivity contribution in [2.24, 2.45) is 5.92 Å². The second-order valence-electron chi connectivity index (χ2n) is 4.81. The maximum atomic E-state index is 11.1. The van der Waals surface area contributed by atoms with Gasteiger partial charge in [-0.05, 0) is 23.6 Å². The molecule has 4 nitrogen and oxygen atoms in total. The number of carboxylic acid groups (broad SMARTS) is 1. The maximum Gasteiger partial charge on any atom is 0.320 e. The zero-order valence-corrected chi connectivity index (χ0v) is 12.5. The van der Waals surface area contributed by atoms with Gasteiger partial charge >= 0.3 is 5.97 Å². The molecule has 0 unspecified atom stereocenters. The van der Waals surface area contributed by atoms with E-state index in [1.807, 2.05) is 19.9 Å². The van der Waals surface area contributed by atoms with Crippen molar-refractivity contribution in [3.05, 3.63) is 41.4 Å². The van der Waals surface area contributed by atoms with Crippen molar-refractivity contribution >= 4 is 17.6 Å². The smallest absolute Gasteiger partial charge is 0.320 e. The Kier molecular flexibility index (Phi) is 6.55. The number of benzene rings is 1. The van der Waals surface area contributed by atoms with Gasteiger partial charge in [0.15, 0.2) is 0 Å². The number of ether oxygens (including phenoxy) is 1. The maximum absolute atomic E-state index is 11.1. The third-order valence-corrected chi connectivity index (χ3v) is 3.11. The molecule has 1 atom stereocenters. The number of nitrogens with one attached hydrogen (secondary N) is 1. The lowest BCUT2D eigenvalue weighted by molar-refractivity contribution is -0.140. The van der Waals surface area contributed by atoms with Crippen LogP contribution in [0.1, 0.15) is 19.4 Å². The first kappa shape index (κ1) is 16.5. The average molecular weight is 298 g/mol. The van der Waals surface area contributed by atoms with Gasteiger partial charge < -0.3 is 15.2 Å². The van der Waals surface area contributed by atoms with Gasteiger partial charge in [0.1, 0.15) is 18.4 Å². The van der Waals surface area contributed by atoms with Crippen molar-refractivity contribution in [3.8, 4) is 5.75 Å². The summed E-state index contributed by atoms with van der Waals surface area (Å²) in [5.74, 6) is -0.246. The van der Waals surface area contributed by atoms with E-state index >= 15 is 0 Å². The Hall–Kier alpha value is -1.52. The summed E-state index contributed by atoms with van der Waals surface area (Å²) < 4.78 is 5.38. The van der Waals surface area contributed by atoms with Crippen LogP contribution in [0.3, 0.4) is 0 Å². The van der Waals surface area contributed by atoms with Crippen molar-refractivity contribution < 1.29 is 14.6 Å². The SMILES string of the molecule is C=CCOc1ccc(CN[C@H](C(=O)O)C(C)C)cc1Cl. The number of carbonyl (C=O) groups is 1. The molecule has 2 N–H and O–H groups in total. The lowest BCUT2D eigenvalue weighted by Gasteiger charge is -2.18. The van der Waals surface area contributed by atoms with E-state index < -0.39 is 12.0 Å². The number of carboxylic acids is 1. The largest absolute Gasteiger partial charge is 0.488 e. The van der Waals surface area contributed by atoms with Crippen LogP contribution < -0.4 is 10.1 Å². The first-order valence-corrected chi connectivity index (χ1v) is 6.81. The van der Waals surface area contributed by atoms with Gasteiger partial charge in [0.25, 0.3) is 0 Å². The lowest BCUT2D eigenvalue weighted by Crippen LogP contribution is -2.40. The van der Waals surface area contributed by atoms with E-state index in [4.69, 9.17) is 21.4 Å². The van der Waals surface area contributed by atoms with Crippen molar-refractivity contribution in [2.45, 2.75) is 26.4 Å². The fourth-order valence-electron chi connectivity index (χ4n) is 1.76. The minimum atomic E-state index is -0.850. The van der Waals surface area contributed by atoms with Crippen LogP contribution in [0, 0.1) is 5.92 Å². The Bertz CT molecular complexity index is 474.